The molecule has 0 aromatic carbocycles. The summed E-state index contributed by atoms with van der Waals surface area (Å²) >= 11 is 0. The maximum Gasteiger partial charge on any atom is 0.164 e. The van der Waals surface area contributed by atoms with Gasteiger partial charge in [0.25, 0.3) is 0 Å². The van der Waals surface area contributed by atoms with E-state index in [4.69, 9.17) is 14.9 Å². The summed E-state index contributed by atoms with van der Waals surface area (Å²) in [6, 6.07) is 0. The highest BCUT2D eigenvalue weighted by Crippen LogP contribution is 2.08. The summed E-state index contributed by atoms with van der Waals surface area (Å²) in [5, 5.41) is 27.7. The fourth-order valence-electron chi connectivity index (χ4n) is 2.47. The Morgan fingerprint density at radius 2 is 1.41 bits per heavy atom. The maximum absolute atomic E-state index is 9.86. The zero-order valence-electron chi connectivity index (χ0n) is 14.5. The van der Waals surface area contributed by atoms with Crippen LogP contribution in [0.2, 0.25) is 0 Å². The molecule has 0 heterocycles. The third-order valence-corrected chi connectivity index (χ3v) is 3.79. The number of nitrogens with zero attached hydrogens (tertiary/aromatic N) is 1. The molecule has 0 bridgehead atoms. The number of aliphatic hydroxyl groups excluding tert-OH is 2. The van der Waals surface area contributed by atoms with Crippen LogP contribution < -0.4 is 0 Å². The van der Waals surface area contributed by atoms with E-state index in [1.54, 1.807) is 4.90 Å². The van der Waals surface area contributed by atoms with Crippen molar-refractivity contribution in [3.63, 3.8) is 0 Å². The molecular weight excluding hydrogens is 282 g/mol. The Balaban J connectivity index is 3.39. The quantitative estimate of drug-likeness (QED) is 0.300. The Morgan fingerprint density at radius 3 is 1.95 bits per heavy atom. The summed E-state index contributed by atoms with van der Waals surface area (Å²) in [4.78, 5) is 1.80. The lowest BCUT2D eigenvalue weighted by Crippen LogP contribution is -2.39. The molecule has 0 saturated heterocycles. The zero-order chi connectivity index (χ0) is 16.6. The molecule has 0 saturated carbocycles. The number of rotatable bonds is 16. The van der Waals surface area contributed by atoms with Crippen LogP contribution in [0.15, 0.2) is 0 Å². The van der Waals surface area contributed by atoms with Crippen LogP contribution in [0.4, 0.5) is 0 Å². The van der Waals surface area contributed by atoms with Crippen LogP contribution in [0.25, 0.3) is 0 Å². The van der Waals surface area contributed by atoms with Crippen LogP contribution in [0, 0.1) is 0 Å². The average molecular weight is 319 g/mol. The lowest BCUT2D eigenvalue weighted by atomic mass is 10.1. The Kier molecular flexibility index (Phi) is 15.5. The number of aliphatic hydroxyl groups is 3. The minimum absolute atomic E-state index is 0.158. The van der Waals surface area contributed by atoms with Crippen molar-refractivity contribution < 1.29 is 20.1 Å². The Morgan fingerprint density at radius 1 is 0.818 bits per heavy atom. The molecule has 5 heteroatoms. The smallest absolute Gasteiger partial charge is 0.164 e. The van der Waals surface area contributed by atoms with E-state index in [1.165, 1.54) is 44.9 Å². The van der Waals surface area contributed by atoms with E-state index in [0.29, 0.717) is 26.3 Å². The molecule has 0 aliphatic heterocycles. The van der Waals surface area contributed by atoms with Crippen LogP contribution in [0.3, 0.4) is 0 Å². The number of hydrogen-bond donors (Lipinski definition) is 3. The lowest BCUT2D eigenvalue weighted by molar-refractivity contribution is -0.0692. The van der Waals surface area contributed by atoms with Gasteiger partial charge in [-0.15, -0.1) is 0 Å². The standard InChI is InChI=1S/C17H37NO4/c1-3-5-6-7-8-9-10-11-12-22-15-16(19)13-18(4-2)14-17(20)21/h16-17,19-21H,3-15H2,1-2H3. The van der Waals surface area contributed by atoms with Crippen LogP contribution in [0.1, 0.15) is 65.2 Å². The minimum Gasteiger partial charge on any atom is -0.389 e. The fraction of sp³-hybridized carbons (Fsp3) is 1.00. The van der Waals surface area contributed by atoms with E-state index in [9.17, 15) is 5.11 Å². The van der Waals surface area contributed by atoms with E-state index in [2.05, 4.69) is 6.92 Å². The van der Waals surface area contributed by atoms with Crippen molar-refractivity contribution in [2.75, 3.05) is 32.8 Å². The monoisotopic (exact) mass is 319 g/mol. The van der Waals surface area contributed by atoms with E-state index in [-0.39, 0.29) is 6.54 Å². The molecule has 3 N–H and O–H groups in total. The molecule has 0 fully saturated rings. The molecule has 0 radical (unpaired) electrons. The average Bonchev–Trinajstić information content (AvgIpc) is 2.48. The number of hydrogen-bond acceptors (Lipinski definition) is 5. The molecule has 0 rings (SSSR count). The Hall–Kier alpha value is -0.200. The van der Waals surface area contributed by atoms with Gasteiger partial charge in [0.2, 0.25) is 0 Å². The van der Waals surface area contributed by atoms with Crippen molar-refractivity contribution in [2.24, 2.45) is 0 Å². The van der Waals surface area contributed by atoms with Crippen molar-refractivity contribution in [2.45, 2.75) is 77.6 Å². The van der Waals surface area contributed by atoms with Gasteiger partial charge in [-0.05, 0) is 13.0 Å². The van der Waals surface area contributed by atoms with Crippen molar-refractivity contribution in [3.8, 4) is 0 Å². The minimum atomic E-state index is -1.36. The summed E-state index contributed by atoms with van der Waals surface area (Å²) in [6.45, 7) is 6.41. The van der Waals surface area contributed by atoms with Crippen LogP contribution in [-0.2, 0) is 4.74 Å². The highest BCUT2D eigenvalue weighted by molar-refractivity contribution is 4.63. The molecule has 1 atom stereocenters. The normalized spacial score (nSPS) is 13.2. The molecule has 0 amide bonds. The van der Waals surface area contributed by atoms with Gasteiger partial charge in [0.1, 0.15) is 0 Å². The number of likely N-dealkylation sites (N-methyl/N-ethyl adjacent to an activating group) is 1. The van der Waals surface area contributed by atoms with Crippen molar-refractivity contribution in [1.82, 2.24) is 4.90 Å². The summed E-state index contributed by atoms with van der Waals surface area (Å²) < 4.78 is 5.49. The van der Waals surface area contributed by atoms with E-state index in [1.807, 2.05) is 6.92 Å². The third kappa shape index (κ3) is 14.7. The fourth-order valence-corrected chi connectivity index (χ4v) is 2.47. The molecular formula is C17H37NO4. The van der Waals surface area contributed by atoms with E-state index >= 15 is 0 Å². The SMILES string of the molecule is CCCCCCCCCCOCC(O)CN(CC)CC(O)O. The zero-order valence-corrected chi connectivity index (χ0v) is 14.5. The van der Waals surface area contributed by atoms with Crippen molar-refractivity contribution in [1.29, 1.82) is 0 Å². The molecule has 0 spiro atoms. The highest BCUT2D eigenvalue weighted by atomic mass is 16.5. The van der Waals surface area contributed by atoms with Gasteiger partial charge >= 0.3 is 0 Å². The lowest BCUT2D eigenvalue weighted by Gasteiger charge is -2.24. The van der Waals surface area contributed by atoms with Gasteiger partial charge < -0.3 is 20.1 Å². The highest BCUT2D eigenvalue weighted by Gasteiger charge is 2.12. The Labute approximate surface area is 136 Å². The summed E-state index contributed by atoms with van der Waals surface area (Å²) in [7, 11) is 0. The summed E-state index contributed by atoms with van der Waals surface area (Å²) in [5.41, 5.74) is 0. The second-order valence-corrected chi connectivity index (χ2v) is 6.04. The topological polar surface area (TPSA) is 73.2 Å². The predicted molar refractivity (Wildman–Crippen MR) is 89.8 cm³/mol. The first kappa shape index (κ1) is 21.8. The van der Waals surface area contributed by atoms with Gasteiger partial charge in [0, 0.05) is 19.7 Å². The van der Waals surface area contributed by atoms with E-state index < -0.39 is 12.4 Å². The molecule has 5 nitrogen and oxygen atoms in total. The van der Waals surface area contributed by atoms with E-state index in [0.717, 1.165) is 6.42 Å². The Bertz CT molecular complexity index is 227. The first-order chi connectivity index (χ1) is 10.6. The van der Waals surface area contributed by atoms with Gasteiger partial charge in [-0.1, -0.05) is 58.8 Å². The van der Waals surface area contributed by atoms with Crippen LogP contribution in [-0.4, -0.2) is 65.5 Å². The second kappa shape index (κ2) is 15.7. The van der Waals surface area contributed by atoms with Gasteiger partial charge in [-0.2, -0.15) is 0 Å². The van der Waals surface area contributed by atoms with Crippen LogP contribution in [0.5, 0.6) is 0 Å². The second-order valence-electron chi connectivity index (χ2n) is 6.04. The van der Waals surface area contributed by atoms with Crippen LogP contribution >= 0.6 is 0 Å². The molecule has 1 unspecified atom stereocenters. The number of ether oxygens (including phenoxy) is 1. The van der Waals surface area contributed by atoms with Crippen molar-refractivity contribution in [3.05, 3.63) is 0 Å². The molecule has 0 aliphatic carbocycles. The molecule has 0 aromatic rings. The third-order valence-electron chi connectivity index (χ3n) is 3.79. The summed E-state index contributed by atoms with van der Waals surface area (Å²) in [6.07, 6.45) is 8.25. The maximum atomic E-state index is 9.86. The van der Waals surface area contributed by atoms with Crippen molar-refractivity contribution >= 4 is 0 Å². The predicted octanol–water partition coefficient (Wildman–Crippen LogP) is 2.14. The van der Waals surface area contributed by atoms with Gasteiger partial charge in [0.15, 0.2) is 6.29 Å². The van der Waals surface area contributed by atoms with Gasteiger partial charge in [-0.25, -0.2) is 0 Å². The molecule has 134 valence electrons. The molecule has 0 aromatic heterocycles. The van der Waals surface area contributed by atoms with Gasteiger partial charge in [-0.3, -0.25) is 4.90 Å². The summed E-state index contributed by atoms with van der Waals surface area (Å²) in [5.74, 6) is 0. The first-order valence-corrected chi connectivity index (χ1v) is 8.94. The molecule has 0 aliphatic rings. The largest absolute Gasteiger partial charge is 0.389 e. The first-order valence-electron chi connectivity index (χ1n) is 8.94. The van der Waals surface area contributed by atoms with Gasteiger partial charge in [0.05, 0.1) is 12.7 Å². The number of unbranched alkanes of at least 4 members (excludes halogenated alkanes) is 7. The molecule has 22 heavy (non-hydrogen) atoms.